The Morgan fingerprint density at radius 2 is 1.94 bits per heavy atom. The van der Waals surface area contributed by atoms with E-state index in [1.54, 1.807) is 6.33 Å². The van der Waals surface area contributed by atoms with Gasteiger partial charge in [-0.1, -0.05) is 6.07 Å². The zero-order chi connectivity index (χ0) is 11.8. The number of rotatable bonds is 1. The molecule has 0 fully saturated rings. The standard InChI is InChI=1S/C12H14BrN3/c1-12(2,3)16-11-8-5-4-6-9(13)10(8)14-7-15-11/h4-7H,1-3H3,(H,14,15,16). The van der Waals surface area contributed by atoms with Crippen LogP contribution in [0.5, 0.6) is 0 Å². The van der Waals surface area contributed by atoms with E-state index in [2.05, 4.69) is 52.0 Å². The molecule has 3 nitrogen and oxygen atoms in total. The number of anilines is 1. The van der Waals surface area contributed by atoms with Crippen LogP contribution in [0.3, 0.4) is 0 Å². The zero-order valence-electron chi connectivity index (χ0n) is 9.58. The van der Waals surface area contributed by atoms with Gasteiger partial charge in [0.1, 0.15) is 12.1 Å². The first-order valence-electron chi connectivity index (χ1n) is 5.15. The molecule has 0 unspecified atom stereocenters. The van der Waals surface area contributed by atoms with E-state index in [9.17, 15) is 0 Å². The highest BCUT2D eigenvalue weighted by atomic mass is 79.9. The largest absolute Gasteiger partial charge is 0.365 e. The highest BCUT2D eigenvalue weighted by Crippen LogP contribution is 2.27. The highest BCUT2D eigenvalue weighted by molar-refractivity contribution is 9.10. The molecule has 16 heavy (non-hydrogen) atoms. The second-order valence-electron chi connectivity index (χ2n) is 4.73. The second-order valence-corrected chi connectivity index (χ2v) is 5.59. The van der Waals surface area contributed by atoms with Gasteiger partial charge in [0, 0.05) is 15.4 Å². The van der Waals surface area contributed by atoms with Gasteiger partial charge in [0.05, 0.1) is 5.52 Å². The summed E-state index contributed by atoms with van der Waals surface area (Å²) >= 11 is 3.49. The van der Waals surface area contributed by atoms with Crippen molar-refractivity contribution in [1.82, 2.24) is 9.97 Å². The maximum Gasteiger partial charge on any atom is 0.137 e. The molecule has 2 rings (SSSR count). The fraction of sp³-hybridized carbons (Fsp3) is 0.333. The molecule has 0 saturated carbocycles. The Hall–Kier alpha value is -1.16. The first kappa shape index (κ1) is 11.3. The van der Waals surface area contributed by atoms with Crippen LogP contribution in [0.1, 0.15) is 20.8 Å². The minimum atomic E-state index is -0.0103. The number of hydrogen-bond acceptors (Lipinski definition) is 3. The molecular formula is C12H14BrN3. The van der Waals surface area contributed by atoms with E-state index in [0.717, 1.165) is 21.2 Å². The van der Waals surface area contributed by atoms with Gasteiger partial charge in [0.2, 0.25) is 0 Å². The molecule has 0 saturated heterocycles. The monoisotopic (exact) mass is 279 g/mol. The normalized spacial score (nSPS) is 11.8. The van der Waals surface area contributed by atoms with E-state index >= 15 is 0 Å². The molecule has 84 valence electrons. The number of halogens is 1. The minimum Gasteiger partial charge on any atom is -0.365 e. The Morgan fingerprint density at radius 3 is 2.62 bits per heavy atom. The van der Waals surface area contributed by atoms with E-state index in [4.69, 9.17) is 0 Å². The molecule has 1 aromatic heterocycles. The third-order valence-corrected chi connectivity index (χ3v) is 2.75. The van der Waals surface area contributed by atoms with Crippen molar-refractivity contribution < 1.29 is 0 Å². The lowest BCUT2D eigenvalue weighted by molar-refractivity contribution is 0.631. The molecule has 0 spiro atoms. The van der Waals surface area contributed by atoms with Crippen molar-refractivity contribution in [2.75, 3.05) is 5.32 Å². The van der Waals surface area contributed by atoms with Crippen LogP contribution in [-0.2, 0) is 0 Å². The van der Waals surface area contributed by atoms with Crippen molar-refractivity contribution >= 4 is 32.7 Å². The average molecular weight is 280 g/mol. The summed E-state index contributed by atoms with van der Waals surface area (Å²) in [6.45, 7) is 6.33. The number of benzene rings is 1. The number of para-hydroxylation sites is 1. The summed E-state index contributed by atoms with van der Waals surface area (Å²) in [4.78, 5) is 8.56. The summed E-state index contributed by atoms with van der Waals surface area (Å²) < 4.78 is 0.990. The summed E-state index contributed by atoms with van der Waals surface area (Å²) in [5.41, 5.74) is 0.924. The van der Waals surface area contributed by atoms with Gasteiger partial charge in [-0.15, -0.1) is 0 Å². The van der Waals surface area contributed by atoms with Crippen molar-refractivity contribution in [3.63, 3.8) is 0 Å². The van der Waals surface area contributed by atoms with Crippen LogP contribution < -0.4 is 5.32 Å². The molecule has 1 aromatic carbocycles. The van der Waals surface area contributed by atoms with Crippen LogP contribution in [0, 0.1) is 0 Å². The summed E-state index contributed by atoms with van der Waals surface area (Å²) in [7, 11) is 0. The van der Waals surface area contributed by atoms with E-state index in [-0.39, 0.29) is 5.54 Å². The number of nitrogens with one attached hydrogen (secondary N) is 1. The molecular weight excluding hydrogens is 266 g/mol. The quantitative estimate of drug-likeness (QED) is 0.867. The van der Waals surface area contributed by atoms with E-state index in [0.29, 0.717) is 0 Å². The van der Waals surface area contributed by atoms with E-state index < -0.39 is 0 Å². The van der Waals surface area contributed by atoms with Crippen molar-refractivity contribution in [3.8, 4) is 0 Å². The van der Waals surface area contributed by atoms with Crippen LogP contribution in [0.4, 0.5) is 5.82 Å². The number of nitrogens with zero attached hydrogens (tertiary/aromatic N) is 2. The zero-order valence-corrected chi connectivity index (χ0v) is 11.2. The molecule has 0 amide bonds. The van der Waals surface area contributed by atoms with E-state index in [1.165, 1.54) is 0 Å². The Bertz CT molecular complexity index is 517. The van der Waals surface area contributed by atoms with Crippen molar-refractivity contribution in [1.29, 1.82) is 0 Å². The number of fused-ring (bicyclic) bond motifs is 1. The van der Waals surface area contributed by atoms with Crippen LogP contribution in [0.25, 0.3) is 10.9 Å². The second kappa shape index (κ2) is 4.01. The number of aromatic nitrogens is 2. The maximum atomic E-state index is 4.29. The third-order valence-electron chi connectivity index (χ3n) is 2.11. The van der Waals surface area contributed by atoms with Crippen molar-refractivity contribution in [3.05, 3.63) is 29.0 Å². The minimum absolute atomic E-state index is 0.0103. The molecule has 0 atom stereocenters. The first-order valence-corrected chi connectivity index (χ1v) is 5.94. The molecule has 0 aliphatic heterocycles. The Labute approximate surface area is 103 Å². The van der Waals surface area contributed by atoms with Crippen molar-refractivity contribution in [2.24, 2.45) is 0 Å². The van der Waals surface area contributed by atoms with Crippen LogP contribution in [-0.4, -0.2) is 15.5 Å². The van der Waals surface area contributed by atoms with Gasteiger partial charge in [-0.2, -0.15) is 0 Å². The lowest BCUT2D eigenvalue weighted by Crippen LogP contribution is -2.26. The Morgan fingerprint density at radius 1 is 1.19 bits per heavy atom. The highest BCUT2D eigenvalue weighted by Gasteiger charge is 2.13. The predicted molar refractivity (Wildman–Crippen MR) is 70.6 cm³/mol. The van der Waals surface area contributed by atoms with Crippen LogP contribution in [0.2, 0.25) is 0 Å². The Kier molecular flexibility index (Phi) is 2.84. The van der Waals surface area contributed by atoms with Crippen molar-refractivity contribution in [2.45, 2.75) is 26.3 Å². The predicted octanol–water partition coefficient (Wildman–Crippen LogP) is 3.60. The summed E-state index contributed by atoms with van der Waals surface area (Å²) in [5.74, 6) is 0.874. The summed E-state index contributed by atoms with van der Waals surface area (Å²) in [6.07, 6.45) is 1.58. The summed E-state index contributed by atoms with van der Waals surface area (Å²) in [5, 5.41) is 4.41. The lowest BCUT2D eigenvalue weighted by atomic mass is 10.1. The molecule has 4 heteroatoms. The first-order chi connectivity index (χ1) is 7.47. The topological polar surface area (TPSA) is 37.8 Å². The summed E-state index contributed by atoms with van der Waals surface area (Å²) in [6, 6.07) is 5.99. The number of hydrogen-bond donors (Lipinski definition) is 1. The van der Waals surface area contributed by atoms with Gasteiger partial charge >= 0.3 is 0 Å². The molecule has 0 bridgehead atoms. The van der Waals surface area contributed by atoms with Gasteiger partial charge < -0.3 is 5.32 Å². The lowest BCUT2D eigenvalue weighted by Gasteiger charge is -2.22. The molecule has 0 aliphatic rings. The molecule has 1 heterocycles. The van der Waals surface area contributed by atoms with Gasteiger partial charge in [-0.25, -0.2) is 9.97 Å². The van der Waals surface area contributed by atoms with Crippen LogP contribution >= 0.6 is 15.9 Å². The Balaban J connectivity index is 2.58. The average Bonchev–Trinajstić information content (AvgIpc) is 2.17. The smallest absolute Gasteiger partial charge is 0.137 e. The van der Waals surface area contributed by atoms with Gasteiger partial charge in [0.15, 0.2) is 0 Å². The third kappa shape index (κ3) is 2.32. The SMILES string of the molecule is CC(C)(C)Nc1ncnc2c(Br)cccc12. The maximum absolute atomic E-state index is 4.29. The van der Waals surface area contributed by atoms with Gasteiger partial charge in [-0.3, -0.25) is 0 Å². The fourth-order valence-corrected chi connectivity index (χ4v) is 1.97. The molecule has 0 radical (unpaired) electrons. The van der Waals surface area contributed by atoms with E-state index in [1.807, 2.05) is 18.2 Å². The van der Waals surface area contributed by atoms with Gasteiger partial charge in [0.25, 0.3) is 0 Å². The molecule has 1 N–H and O–H groups in total. The van der Waals surface area contributed by atoms with Gasteiger partial charge in [-0.05, 0) is 48.8 Å². The molecule has 2 aromatic rings. The van der Waals surface area contributed by atoms with Crippen LogP contribution in [0.15, 0.2) is 29.0 Å². The molecule has 0 aliphatic carbocycles. The fourth-order valence-electron chi connectivity index (χ4n) is 1.51.